The van der Waals surface area contributed by atoms with E-state index in [0.717, 1.165) is 12.1 Å². The van der Waals surface area contributed by atoms with Crippen LogP contribution in [0.4, 0.5) is 8.78 Å². The van der Waals surface area contributed by atoms with Crippen molar-refractivity contribution in [2.45, 2.75) is 26.6 Å². The summed E-state index contributed by atoms with van der Waals surface area (Å²) in [6.45, 7) is 8.13. The van der Waals surface area contributed by atoms with E-state index in [4.69, 9.17) is 16.3 Å². The molecule has 0 aliphatic rings. The second-order valence-electron chi connectivity index (χ2n) is 7.72. The predicted molar refractivity (Wildman–Crippen MR) is 117 cm³/mol. The highest BCUT2D eigenvalue weighted by molar-refractivity contribution is 6.83. The van der Waals surface area contributed by atoms with Gasteiger partial charge in [-0.1, -0.05) is 37.2 Å². The molecule has 0 aliphatic heterocycles. The number of ether oxygens (including phenoxy) is 1. The molecule has 3 rings (SSSR count). The minimum absolute atomic E-state index is 0.0668. The minimum Gasteiger partial charge on any atom is -0.497 e. The Labute approximate surface area is 180 Å². The van der Waals surface area contributed by atoms with Gasteiger partial charge in [-0.2, -0.15) is 5.10 Å². The molecule has 0 N–H and O–H groups in total. The first-order chi connectivity index (χ1) is 14.1. The number of halogens is 3. The molecular weight excluding hydrogens is 424 g/mol. The van der Waals surface area contributed by atoms with Gasteiger partial charge in [0.2, 0.25) is 0 Å². The molecule has 1 aromatic carbocycles. The fraction of sp³-hybridized carbons (Fsp3) is 0.227. The highest BCUT2D eigenvalue weighted by Gasteiger charge is 2.23. The van der Waals surface area contributed by atoms with Crippen LogP contribution in [0.25, 0.3) is 22.3 Å². The van der Waals surface area contributed by atoms with E-state index in [9.17, 15) is 8.78 Å². The maximum Gasteiger partial charge on any atom is 0.160 e. The fourth-order valence-corrected chi connectivity index (χ4v) is 3.59. The van der Waals surface area contributed by atoms with Gasteiger partial charge < -0.3 is 4.74 Å². The summed E-state index contributed by atoms with van der Waals surface area (Å²) in [6, 6.07) is 5.74. The van der Waals surface area contributed by atoms with Crippen molar-refractivity contribution in [2.24, 2.45) is 0 Å². The van der Waals surface area contributed by atoms with Crippen LogP contribution < -0.4 is 4.74 Å². The third kappa shape index (κ3) is 4.66. The van der Waals surface area contributed by atoms with Crippen LogP contribution in [0.15, 0.2) is 30.5 Å². The van der Waals surface area contributed by atoms with Gasteiger partial charge in [0.05, 0.1) is 18.4 Å². The number of hydrogen-bond acceptors (Lipinski definition) is 4. The second kappa shape index (κ2) is 8.50. The largest absolute Gasteiger partial charge is 0.497 e. The molecule has 0 atom stereocenters. The Bertz CT molecular complexity index is 1140. The van der Waals surface area contributed by atoms with E-state index in [0.29, 0.717) is 22.5 Å². The van der Waals surface area contributed by atoms with Crippen LogP contribution in [0.3, 0.4) is 0 Å². The number of benzene rings is 1. The van der Waals surface area contributed by atoms with Gasteiger partial charge in [0.25, 0.3) is 0 Å². The van der Waals surface area contributed by atoms with Crippen molar-refractivity contribution in [3.63, 3.8) is 0 Å². The molecule has 0 radical (unpaired) electrons. The number of pyridine rings is 1. The van der Waals surface area contributed by atoms with E-state index in [2.05, 4.69) is 46.3 Å². The van der Waals surface area contributed by atoms with Crippen molar-refractivity contribution in [3.05, 3.63) is 58.6 Å². The summed E-state index contributed by atoms with van der Waals surface area (Å²) >= 11 is 6.26. The number of aromatic nitrogens is 3. The van der Waals surface area contributed by atoms with Gasteiger partial charge in [-0.25, -0.2) is 13.8 Å². The molecule has 0 bridgehead atoms. The monoisotopic (exact) mass is 443 g/mol. The molecule has 4 nitrogen and oxygen atoms in total. The van der Waals surface area contributed by atoms with Crippen molar-refractivity contribution in [2.75, 3.05) is 7.11 Å². The van der Waals surface area contributed by atoms with Crippen LogP contribution in [0.5, 0.6) is 5.75 Å². The number of hydrogen-bond donors (Lipinski definition) is 0. The van der Waals surface area contributed by atoms with E-state index in [-0.39, 0.29) is 22.0 Å². The van der Waals surface area contributed by atoms with Gasteiger partial charge in [-0.3, -0.25) is 0 Å². The standard InChI is InChI=1S/C22H20ClF2N3OSi/c1-13-19(14-6-7-15(26-12-14)8-9-30(3,4)5)21(22(23)28-27-13)20-17(24)10-16(29-2)11-18(20)25/h6-7,10-12H,1-5H3. The van der Waals surface area contributed by atoms with Crippen LogP contribution in [-0.4, -0.2) is 30.4 Å². The third-order valence-electron chi connectivity index (χ3n) is 4.22. The van der Waals surface area contributed by atoms with Gasteiger partial charge in [0.15, 0.2) is 5.15 Å². The highest BCUT2D eigenvalue weighted by Crippen LogP contribution is 2.41. The Morgan fingerprint density at radius 1 is 1.00 bits per heavy atom. The molecule has 30 heavy (non-hydrogen) atoms. The van der Waals surface area contributed by atoms with E-state index in [1.54, 1.807) is 25.3 Å². The summed E-state index contributed by atoms with van der Waals surface area (Å²) in [6.07, 6.45) is 1.59. The summed E-state index contributed by atoms with van der Waals surface area (Å²) in [5.41, 5.74) is 5.22. The smallest absolute Gasteiger partial charge is 0.160 e. The van der Waals surface area contributed by atoms with Crippen LogP contribution >= 0.6 is 11.6 Å². The molecule has 2 aromatic heterocycles. The molecule has 0 unspecified atom stereocenters. The number of nitrogens with zero attached hydrogens (tertiary/aromatic N) is 3. The maximum atomic E-state index is 14.8. The van der Waals surface area contributed by atoms with Gasteiger partial charge in [0.1, 0.15) is 31.2 Å². The lowest BCUT2D eigenvalue weighted by Crippen LogP contribution is -2.16. The normalized spacial score (nSPS) is 11.1. The van der Waals surface area contributed by atoms with Gasteiger partial charge in [0, 0.05) is 35.0 Å². The molecule has 0 saturated heterocycles. The molecule has 3 aromatic rings. The van der Waals surface area contributed by atoms with E-state index < -0.39 is 19.7 Å². The Hall–Kier alpha value is -2.82. The summed E-state index contributed by atoms with van der Waals surface area (Å²) < 4.78 is 34.6. The Morgan fingerprint density at radius 2 is 1.67 bits per heavy atom. The lowest BCUT2D eigenvalue weighted by atomic mass is 9.95. The lowest BCUT2D eigenvalue weighted by Gasteiger charge is -2.15. The SMILES string of the molecule is COc1cc(F)c(-c2c(Cl)nnc(C)c2-c2ccc(C#C[Si](C)(C)C)nc2)c(F)c1. The number of aryl methyl sites for hydroxylation is 1. The van der Waals surface area contributed by atoms with Crippen molar-refractivity contribution in [1.82, 2.24) is 15.2 Å². The molecule has 0 spiro atoms. The Balaban J connectivity index is 2.19. The molecule has 2 heterocycles. The second-order valence-corrected chi connectivity index (χ2v) is 12.8. The van der Waals surface area contributed by atoms with Crippen molar-refractivity contribution < 1.29 is 13.5 Å². The number of rotatable bonds is 3. The zero-order valence-electron chi connectivity index (χ0n) is 17.3. The third-order valence-corrected chi connectivity index (χ3v) is 5.36. The Kier molecular flexibility index (Phi) is 6.20. The van der Waals surface area contributed by atoms with Gasteiger partial charge in [-0.05, 0) is 19.1 Å². The first-order valence-corrected chi connectivity index (χ1v) is 13.0. The van der Waals surface area contributed by atoms with Crippen LogP contribution in [0, 0.1) is 30.0 Å². The highest BCUT2D eigenvalue weighted by atomic mass is 35.5. The molecule has 8 heteroatoms. The summed E-state index contributed by atoms with van der Waals surface area (Å²) in [7, 11) is -0.202. The zero-order valence-corrected chi connectivity index (χ0v) is 19.0. The topological polar surface area (TPSA) is 47.9 Å². The predicted octanol–water partition coefficient (Wildman–Crippen LogP) is 5.68. The van der Waals surface area contributed by atoms with Crippen LogP contribution in [0.2, 0.25) is 24.8 Å². The summed E-state index contributed by atoms with van der Waals surface area (Å²) in [5, 5.41) is 7.77. The minimum atomic E-state index is -1.54. The summed E-state index contributed by atoms with van der Waals surface area (Å²) in [4.78, 5) is 4.39. The lowest BCUT2D eigenvalue weighted by molar-refractivity contribution is 0.407. The van der Waals surface area contributed by atoms with Crippen molar-refractivity contribution in [1.29, 1.82) is 0 Å². The van der Waals surface area contributed by atoms with Crippen LogP contribution in [-0.2, 0) is 0 Å². The van der Waals surface area contributed by atoms with Crippen molar-refractivity contribution in [3.8, 4) is 39.5 Å². The van der Waals surface area contributed by atoms with Crippen molar-refractivity contribution >= 4 is 19.7 Å². The Morgan fingerprint density at radius 3 is 2.20 bits per heavy atom. The molecule has 0 saturated carbocycles. The molecule has 154 valence electrons. The number of methoxy groups -OCH3 is 1. The van der Waals surface area contributed by atoms with E-state index in [1.807, 2.05) is 0 Å². The van der Waals surface area contributed by atoms with Crippen LogP contribution in [0.1, 0.15) is 11.4 Å². The first kappa shape index (κ1) is 21.9. The average molecular weight is 444 g/mol. The molecule has 0 aliphatic carbocycles. The quantitative estimate of drug-likeness (QED) is 0.385. The molecule has 0 fully saturated rings. The first-order valence-electron chi connectivity index (χ1n) is 9.16. The summed E-state index contributed by atoms with van der Waals surface area (Å²) in [5.74, 6) is 1.52. The molecular formula is C22H20ClF2N3OSi. The van der Waals surface area contributed by atoms with E-state index >= 15 is 0 Å². The fourth-order valence-electron chi connectivity index (χ4n) is 2.86. The average Bonchev–Trinajstić information content (AvgIpc) is 2.68. The zero-order chi connectivity index (χ0) is 22.1. The van der Waals surface area contributed by atoms with Gasteiger partial charge in [-0.15, -0.1) is 10.6 Å². The maximum absolute atomic E-state index is 14.8. The van der Waals surface area contributed by atoms with E-state index in [1.165, 1.54) is 7.11 Å². The molecule has 0 amide bonds. The van der Waals surface area contributed by atoms with Gasteiger partial charge >= 0.3 is 0 Å².